The average molecular weight is 204 g/mol. The number of Topliss-reactive ketones (excluding diaryl/α,β-unsaturated/α-hetero) is 2. The molecule has 1 aromatic rings. The highest BCUT2D eigenvalue weighted by molar-refractivity contribution is 6.01. The minimum absolute atomic E-state index is 0.0406. The monoisotopic (exact) mass is 204 g/mol. The molecule has 0 spiro atoms. The van der Waals surface area contributed by atoms with Gasteiger partial charge in [0.25, 0.3) is 0 Å². The molecule has 1 atom stereocenters. The maximum absolute atomic E-state index is 11.4. The summed E-state index contributed by atoms with van der Waals surface area (Å²) < 4.78 is 0. The van der Waals surface area contributed by atoms with Crippen molar-refractivity contribution in [3.8, 4) is 0 Å². The van der Waals surface area contributed by atoms with Gasteiger partial charge in [-0.15, -0.1) is 0 Å². The lowest BCUT2D eigenvalue weighted by Gasteiger charge is -2.19. The zero-order valence-electron chi connectivity index (χ0n) is 9.36. The van der Waals surface area contributed by atoms with E-state index in [4.69, 9.17) is 0 Å². The van der Waals surface area contributed by atoms with Crippen molar-refractivity contribution in [1.29, 1.82) is 0 Å². The van der Waals surface area contributed by atoms with Crippen LogP contribution in [-0.4, -0.2) is 11.6 Å². The molecule has 0 N–H and O–H groups in total. The molecule has 0 heterocycles. The van der Waals surface area contributed by atoms with E-state index in [1.54, 1.807) is 0 Å². The van der Waals surface area contributed by atoms with Crippen molar-refractivity contribution in [2.75, 3.05) is 0 Å². The minimum Gasteiger partial charge on any atom is -0.299 e. The van der Waals surface area contributed by atoms with Gasteiger partial charge in [0.1, 0.15) is 11.6 Å². The molecular weight excluding hydrogens is 188 g/mol. The van der Waals surface area contributed by atoms with Gasteiger partial charge in [0.2, 0.25) is 0 Å². The first-order chi connectivity index (χ1) is 7.04. The van der Waals surface area contributed by atoms with Crippen LogP contribution in [0.25, 0.3) is 0 Å². The molecule has 0 amide bonds. The number of carbonyl (C=O) groups excluding carboxylic acids is 2. The fraction of sp³-hybridized carbons (Fsp3) is 0.385. The van der Waals surface area contributed by atoms with Gasteiger partial charge in [0, 0.05) is 0 Å². The maximum atomic E-state index is 11.4. The summed E-state index contributed by atoms with van der Waals surface area (Å²) in [4.78, 5) is 22.8. The van der Waals surface area contributed by atoms with E-state index in [0.717, 1.165) is 5.56 Å². The molecule has 80 valence electrons. The second kappa shape index (κ2) is 4.87. The van der Waals surface area contributed by atoms with Crippen molar-refractivity contribution >= 4 is 11.6 Å². The Balaban J connectivity index is 2.96. The fourth-order valence-electron chi connectivity index (χ4n) is 1.94. The lowest BCUT2D eigenvalue weighted by molar-refractivity contribution is -0.131. The Hall–Kier alpha value is -1.44. The first-order valence-electron chi connectivity index (χ1n) is 5.10. The minimum atomic E-state index is -0.507. The van der Waals surface area contributed by atoms with E-state index in [-0.39, 0.29) is 17.5 Å². The smallest absolute Gasteiger partial charge is 0.140 e. The van der Waals surface area contributed by atoms with Gasteiger partial charge in [-0.2, -0.15) is 0 Å². The molecule has 1 aromatic carbocycles. The van der Waals surface area contributed by atoms with Crippen LogP contribution in [0.5, 0.6) is 0 Å². The quantitative estimate of drug-likeness (QED) is 0.706. The van der Waals surface area contributed by atoms with Crippen LogP contribution in [0.1, 0.15) is 32.3 Å². The number of hydrogen-bond donors (Lipinski definition) is 0. The van der Waals surface area contributed by atoms with Crippen LogP contribution in [0.3, 0.4) is 0 Å². The predicted octanol–water partition coefficient (Wildman–Crippen LogP) is 2.58. The van der Waals surface area contributed by atoms with E-state index in [2.05, 4.69) is 0 Å². The Kier molecular flexibility index (Phi) is 3.78. The topological polar surface area (TPSA) is 34.1 Å². The molecule has 0 radical (unpaired) electrons. The van der Waals surface area contributed by atoms with Gasteiger partial charge in [-0.25, -0.2) is 0 Å². The highest BCUT2D eigenvalue weighted by Crippen LogP contribution is 2.25. The van der Waals surface area contributed by atoms with Crippen molar-refractivity contribution in [2.45, 2.75) is 26.7 Å². The van der Waals surface area contributed by atoms with Gasteiger partial charge in [0.05, 0.1) is 5.92 Å². The molecule has 15 heavy (non-hydrogen) atoms. The third-order valence-corrected chi connectivity index (χ3v) is 2.70. The van der Waals surface area contributed by atoms with Crippen molar-refractivity contribution < 1.29 is 9.59 Å². The third-order valence-electron chi connectivity index (χ3n) is 2.70. The molecule has 0 aliphatic carbocycles. The van der Waals surface area contributed by atoms with E-state index in [0.29, 0.717) is 0 Å². The number of carbonyl (C=O) groups is 2. The Morgan fingerprint density at radius 1 is 1.00 bits per heavy atom. The van der Waals surface area contributed by atoms with E-state index < -0.39 is 5.92 Å². The van der Waals surface area contributed by atoms with Gasteiger partial charge in [0.15, 0.2) is 0 Å². The molecule has 0 aliphatic heterocycles. The standard InChI is InChI=1S/C13H16O2/c1-9(12-7-5-4-6-8-12)13(10(2)14)11(3)15/h4-9,13H,1-3H3. The van der Waals surface area contributed by atoms with E-state index in [1.807, 2.05) is 37.3 Å². The molecule has 2 heteroatoms. The number of ketones is 2. The fourth-order valence-corrected chi connectivity index (χ4v) is 1.94. The van der Waals surface area contributed by atoms with Crippen molar-refractivity contribution in [3.63, 3.8) is 0 Å². The Labute approximate surface area is 90.3 Å². The summed E-state index contributed by atoms with van der Waals surface area (Å²) in [7, 11) is 0. The third kappa shape index (κ3) is 2.75. The molecule has 0 saturated heterocycles. The molecule has 2 nitrogen and oxygen atoms in total. The normalized spacial score (nSPS) is 12.5. The maximum Gasteiger partial charge on any atom is 0.140 e. The molecule has 1 rings (SSSR count). The molecule has 0 bridgehead atoms. The number of benzene rings is 1. The lowest BCUT2D eigenvalue weighted by Crippen LogP contribution is -2.25. The van der Waals surface area contributed by atoms with Crippen LogP contribution >= 0.6 is 0 Å². The van der Waals surface area contributed by atoms with Gasteiger partial charge < -0.3 is 0 Å². The van der Waals surface area contributed by atoms with Crippen LogP contribution in [0.15, 0.2) is 30.3 Å². The van der Waals surface area contributed by atoms with Gasteiger partial charge in [-0.1, -0.05) is 37.3 Å². The lowest BCUT2D eigenvalue weighted by atomic mass is 9.83. The van der Waals surface area contributed by atoms with Crippen molar-refractivity contribution in [3.05, 3.63) is 35.9 Å². The van der Waals surface area contributed by atoms with Crippen LogP contribution in [-0.2, 0) is 9.59 Å². The number of hydrogen-bond acceptors (Lipinski definition) is 2. The largest absolute Gasteiger partial charge is 0.299 e. The first kappa shape index (κ1) is 11.6. The zero-order chi connectivity index (χ0) is 11.4. The summed E-state index contributed by atoms with van der Waals surface area (Å²) in [6.45, 7) is 4.87. The van der Waals surface area contributed by atoms with Gasteiger partial charge >= 0.3 is 0 Å². The summed E-state index contributed by atoms with van der Waals surface area (Å²) in [5.74, 6) is -0.661. The summed E-state index contributed by atoms with van der Waals surface area (Å²) in [6.07, 6.45) is 0. The molecule has 0 aromatic heterocycles. The highest BCUT2D eigenvalue weighted by atomic mass is 16.1. The zero-order valence-corrected chi connectivity index (χ0v) is 9.36. The summed E-state index contributed by atoms with van der Waals surface area (Å²) >= 11 is 0. The van der Waals surface area contributed by atoms with Crippen molar-refractivity contribution in [2.24, 2.45) is 5.92 Å². The first-order valence-corrected chi connectivity index (χ1v) is 5.10. The SMILES string of the molecule is CC(=O)C(C(C)=O)C(C)c1ccccc1. The molecular formula is C13H16O2. The second-order valence-corrected chi connectivity index (χ2v) is 3.90. The average Bonchev–Trinajstić information content (AvgIpc) is 2.18. The highest BCUT2D eigenvalue weighted by Gasteiger charge is 2.27. The van der Waals surface area contributed by atoms with Crippen LogP contribution in [0, 0.1) is 5.92 Å². The van der Waals surface area contributed by atoms with Crippen LogP contribution < -0.4 is 0 Å². The molecule has 1 unspecified atom stereocenters. The van der Waals surface area contributed by atoms with E-state index >= 15 is 0 Å². The second-order valence-electron chi connectivity index (χ2n) is 3.90. The van der Waals surface area contributed by atoms with Gasteiger partial charge in [-0.3, -0.25) is 9.59 Å². The summed E-state index contributed by atoms with van der Waals surface area (Å²) in [6, 6.07) is 9.66. The van der Waals surface area contributed by atoms with Gasteiger partial charge in [-0.05, 0) is 25.3 Å². The predicted molar refractivity (Wildman–Crippen MR) is 59.7 cm³/mol. The van der Waals surface area contributed by atoms with Crippen LogP contribution in [0.2, 0.25) is 0 Å². The number of rotatable bonds is 4. The summed E-state index contributed by atoms with van der Waals surface area (Å²) in [5.41, 5.74) is 1.04. The summed E-state index contributed by atoms with van der Waals surface area (Å²) in [5, 5.41) is 0. The Bertz CT molecular complexity index is 340. The van der Waals surface area contributed by atoms with E-state index in [1.165, 1.54) is 13.8 Å². The van der Waals surface area contributed by atoms with Crippen LogP contribution in [0.4, 0.5) is 0 Å². The van der Waals surface area contributed by atoms with E-state index in [9.17, 15) is 9.59 Å². The molecule has 0 fully saturated rings. The van der Waals surface area contributed by atoms with Crippen molar-refractivity contribution in [1.82, 2.24) is 0 Å². The Morgan fingerprint density at radius 3 is 1.87 bits per heavy atom. The molecule has 0 saturated carbocycles. The molecule has 0 aliphatic rings. The Morgan fingerprint density at radius 2 is 1.47 bits per heavy atom.